The van der Waals surface area contributed by atoms with Gasteiger partial charge in [-0.15, -0.1) is 0 Å². The van der Waals surface area contributed by atoms with E-state index >= 15 is 0 Å². The van der Waals surface area contributed by atoms with Crippen LogP contribution in [0, 0.1) is 0 Å². The topological polar surface area (TPSA) is 26.3 Å². The van der Waals surface area contributed by atoms with E-state index in [4.69, 9.17) is 4.74 Å². The van der Waals surface area contributed by atoms with Crippen molar-refractivity contribution in [3.63, 3.8) is 0 Å². The fourth-order valence-corrected chi connectivity index (χ4v) is 1.81. The van der Waals surface area contributed by atoms with Gasteiger partial charge in [0.2, 0.25) is 0 Å². The highest BCUT2D eigenvalue weighted by Crippen LogP contribution is 2.23. The molecule has 0 spiro atoms. The van der Waals surface area contributed by atoms with Gasteiger partial charge in [0.05, 0.1) is 6.61 Å². The van der Waals surface area contributed by atoms with Crippen LogP contribution in [0.15, 0.2) is 29.2 Å². The van der Waals surface area contributed by atoms with Crippen LogP contribution in [0.5, 0.6) is 0 Å². The predicted molar refractivity (Wildman–Crippen MR) is 63.4 cm³/mol. The van der Waals surface area contributed by atoms with Gasteiger partial charge in [0.15, 0.2) is 0 Å². The fraction of sp³-hybridized carbons (Fsp3) is 0.417. The minimum absolute atomic E-state index is 0.241. The summed E-state index contributed by atoms with van der Waals surface area (Å²) in [5.74, 6) is 0.520. The van der Waals surface area contributed by atoms with E-state index in [1.165, 1.54) is 5.56 Å². The van der Waals surface area contributed by atoms with Gasteiger partial charge in [-0.1, -0.05) is 26.0 Å². The molecule has 0 aromatic heterocycles. The maximum atomic E-state index is 11.2. The zero-order chi connectivity index (χ0) is 11.3. The van der Waals surface area contributed by atoms with Crippen LogP contribution in [-0.2, 0) is 4.74 Å². The van der Waals surface area contributed by atoms with Crippen LogP contribution in [-0.4, -0.2) is 11.9 Å². The minimum atomic E-state index is -0.241. The third-order valence-corrected chi connectivity index (χ3v) is 2.80. The van der Waals surface area contributed by atoms with Crippen LogP contribution in [0.3, 0.4) is 0 Å². The average molecular weight is 224 g/mol. The van der Waals surface area contributed by atoms with E-state index in [0.29, 0.717) is 12.5 Å². The highest BCUT2D eigenvalue weighted by Gasteiger charge is 2.05. The van der Waals surface area contributed by atoms with Crippen molar-refractivity contribution in [1.29, 1.82) is 0 Å². The number of hydrogen-bond acceptors (Lipinski definition) is 3. The Balaban J connectivity index is 2.60. The predicted octanol–water partition coefficient (Wildman–Crippen LogP) is 4.06. The molecule has 3 heteroatoms. The van der Waals surface area contributed by atoms with Crippen LogP contribution in [0.2, 0.25) is 0 Å². The Kier molecular flexibility index (Phi) is 4.69. The highest BCUT2D eigenvalue weighted by atomic mass is 32.2. The Morgan fingerprint density at radius 1 is 1.33 bits per heavy atom. The van der Waals surface area contributed by atoms with Gasteiger partial charge in [-0.3, -0.25) is 0 Å². The second kappa shape index (κ2) is 5.81. The molecule has 1 aromatic rings. The Hall–Kier alpha value is -0.960. The van der Waals surface area contributed by atoms with Crippen molar-refractivity contribution in [1.82, 2.24) is 0 Å². The van der Waals surface area contributed by atoms with Crippen molar-refractivity contribution in [2.45, 2.75) is 31.6 Å². The molecule has 0 aliphatic heterocycles. The summed E-state index contributed by atoms with van der Waals surface area (Å²) in [6, 6.07) is 8.01. The molecule has 0 atom stereocenters. The summed E-state index contributed by atoms with van der Waals surface area (Å²) in [4.78, 5) is 12.1. The zero-order valence-electron chi connectivity index (χ0n) is 9.32. The first-order valence-corrected chi connectivity index (χ1v) is 5.89. The summed E-state index contributed by atoms with van der Waals surface area (Å²) in [6.07, 6.45) is 0. The van der Waals surface area contributed by atoms with E-state index in [2.05, 4.69) is 13.8 Å². The summed E-state index contributed by atoms with van der Waals surface area (Å²) in [6.45, 7) is 6.53. The maximum absolute atomic E-state index is 11.2. The second-order valence-corrected chi connectivity index (χ2v) is 4.52. The summed E-state index contributed by atoms with van der Waals surface area (Å²) in [5.41, 5.74) is 1.28. The molecule has 1 rings (SSSR count). The molecule has 0 unspecified atom stereocenters. The fourth-order valence-electron chi connectivity index (χ4n) is 1.16. The zero-order valence-corrected chi connectivity index (χ0v) is 10.1. The number of hydrogen-bond donors (Lipinski definition) is 0. The molecule has 0 aliphatic carbocycles. The highest BCUT2D eigenvalue weighted by molar-refractivity contribution is 8.13. The Morgan fingerprint density at radius 2 is 1.93 bits per heavy atom. The van der Waals surface area contributed by atoms with Crippen molar-refractivity contribution in [2.75, 3.05) is 6.61 Å². The molecule has 0 N–H and O–H groups in total. The van der Waals surface area contributed by atoms with Crippen LogP contribution in [0.25, 0.3) is 0 Å². The van der Waals surface area contributed by atoms with Crippen molar-refractivity contribution in [3.05, 3.63) is 29.8 Å². The van der Waals surface area contributed by atoms with Gasteiger partial charge >= 0.3 is 5.30 Å². The first-order chi connectivity index (χ1) is 7.13. The number of benzene rings is 1. The number of carbonyl (C=O) groups is 1. The molecule has 0 radical (unpaired) electrons. The number of rotatable bonds is 3. The third-order valence-electron chi connectivity index (χ3n) is 2.01. The molecule has 0 fully saturated rings. The van der Waals surface area contributed by atoms with E-state index in [1.54, 1.807) is 6.92 Å². The van der Waals surface area contributed by atoms with Crippen molar-refractivity contribution < 1.29 is 9.53 Å². The minimum Gasteiger partial charge on any atom is -0.458 e. The van der Waals surface area contributed by atoms with Crippen molar-refractivity contribution in [3.8, 4) is 0 Å². The molecule has 0 heterocycles. The molecular weight excluding hydrogens is 208 g/mol. The summed E-state index contributed by atoms with van der Waals surface area (Å²) in [7, 11) is 0. The lowest BCUT2D eigenvalue weighted by Gasteiger charge is -2.06. The van der Waals surface area contributed by atoms with Crippen LogP contribution in [0.4, 0.5) is 4.79 Å². The van der Waals surface area contributed by atoms with Crippen LogP contribution >= 0.6 is 11.8 Å². The SMILES string of the molecule is CCOC(=O)Sc1ccc(C(C)C)cc1. The van der Waals surface area contributed by atoms with Crippen LogP contribution in [0.1, 0.15) is 32.3 Å². The first kappa shape index (κ1) is 12.1. The Bertz CT molecular complexity index is 317. The van der Waals surface area contributed by atoms with E-state index < -0.39 is 0 Å². The largest absolute Gasteiger partial charge is 0.458 e. The van der Waals surface area contributed by atoms with E-state index in [9.17, 15) is 4.79 Å². The molecule has 1 aromatic carbocycles. The molecule has 0 amide bonds. The van der Waals surface area contributed by atoms with Gasteiger partial charge in [-0.2, -0.15) is 0 Å². The average Bonchev–Trinajstić information content (AvgIpc) is 2.18. The maximum Gasteiger partial charge on any atom is 0.372 e. The van der Waals surface area contributed by atoms with Gasteiger partial charge in [0.25, 0.3) is 0 Å². The monoisotopic (exact) mass is 224 g/mol. The molecular formula is C12H16O2S. The Morgan fingerprint density at radius 3 is 2.40 bits per heavy atom. The van der Waals surface area contributed by atoms with Gasteiger partial charge in [-0.05, 0) is 42.3 Å². The molecule has 0 bridgehead atoms. The second-order valence-electron chi connectivity index (χ2n) is 3.51. The third kappa shape index (κ3) is 3.96. The summed E-state index contributed by atoms with van der Waals surface area (Å²) >= 11 is 1.13. The summed E-state index contributed by atoms with van der Waals surface area (Å²) < 4.78 is 4.85. The molecule has 0 saturated heterocycles. The van der Waals surface area contributed by atoms with Gasteiger partial charge < -0.3 is 4.74 Å². The Labute approximate surface area is 95.0 Å². The number of ether oxygens (including phenoxy) is 1. The molecule has 82 valence electrons. The first-order valence-electron chi connectivity index (χ1n) is 5.08. The van der Waals surface area contributed by atoms with Gasteiger partial charge in [0.1, 0.15) is 0 Å². The van der Waals surface area contributed by atoms with Gasteiger partial charge in [-0.25, -0.2) is 4.79 Å². The standard InChI is InChI=1S/C12H16O2S/c1-4-14-12(13)15-11-7-5-10(6-8-11)9(2)3/h5-9H,4H2,1-3H3. The molecule has 0 aliphatic rings. The van der Waals surface area contributed by atoms with E-state index in [-0.39, 0.29) is 5.30 Å². The van der Waals surface area contributed by atoms with Crippen molar-refractivity contribution in [2.24, 2.45) is 0 Å². The lowest BCUT2D eigenvalue weighted by Crippen LogP contribution is -1.95. The van der Waals surface area contributed by atoms with Crippen molar-refractivity contribution >= 4 is 17.1 Å². The number of carbonyl (C=O) groups excluding carboxylic acids is 1. The van der Waals surface area contributed by atoms with Gasteiger partial charge in [0, 0.05) is 4.90 Å². The molecule has 0 saturated carbocycles. The summed E-state index contributed by atoms with van der Waals surface area (Å²) in [5, 5.41) is -0.241. The smallest absolute Gasteiger partial charge is 0.372 e. The van der Waals surface area contributed by atoms with E-state index in [0.717, 1.165) is 16.7 Å². The van der Waals surface area contributed by atoms with Crippen LogP contribution < -0.4 is 0 Å². The molecule has 15 heavy (non-hydrogen) atoms. The quantitative estimate of drug-likeness (QED) is 0.572. The lowest BCUT2D eigenvalue weighted by molar-refractivity contribution is 0.181. The number of thioether (sulfide) groups is 1. The normalized spacial score (nSPS) is 10.4. The molecule has 2 nitrogen and oxygen atoms in total. The lowest BCUT2D eigenvalue weighted by atomic mass is 10.0. The van der Waals surface area contributed by atoms with E-state index in [1.807, 2.05) is 24.3 Å².